The third-order valence-electron chi connectivity index (χ3n) is 3.37. The van der Waals surface area contributed by atoms with Gasteiger partial charge in [-0.15, -0.1) is 0 Å². The van der Waals surface area contributed by atoms with E-state index in [9.17, 15) is 4.79 Å². The summed E-state index contributed by atoms with van der Waals surface area (Å²) >= 11 is 0. The highest BCUT2D eigenvalue weighted by Gasteiger charge is 2.27. The second-order valence-corrected chi connectivity index (χ2v) is 4.52. The summed E-state index contributed by atoms with van der Waals surface area (Å²) in [6.07, 6.45) is 6.55. The second-order valence-electron chi connectivity index (χ2n) is 4.52. The lowest BCUT2D eigenvalue weighted by Crippen LogP contribution is -2.33. The van der Waals surface area contributed by atoms with Crippen molar-refractivity contribution >= 4 is 6.03 Å². The zero-order valence-electron chi connectivity index (χ0n) is 10.6. The molecular formula is C13H24N2O. The summed E-state index contributed by atoms with van der Waals surface area (Å²) < 4.78 is 0. The Labute approximate surface area is 99.1 Å². The van der Waals surface area contributed by atoms with Gasteiger partial charge in [0.05, 0.1) is 0 Å². The van der Waals surface area contributed by atoms with Crippen molar-refractivity contribution in [3.8, 4) is 0 Å². The second kappa shape index (κ2) is 6.56. The third kappa shape index (κ3) is 3.26. The van der Waals surface area contributed by atoms with Crippen molar-refractivity contribution < 1.29 is 4.79 Å². The number of carbonyl (C=O) groups is 1. The van der Waals surface area contributed by atoms with E-state index in [1.807, 2.05) is 4.90 Å². The van der Waals surface area contributed by atoms with E-state index in [1.165, 1.54) is 19.3 Å². The van der Waals surface area contributed by atoms with E-state index in [0.29, 0.717) is 5.92 Å². The van der Waals surface area contributed by atoms with Gasteiger partial charge in [0.1, 0.15) is 0 Å². The van der Waals surface area contributed by atoms with E-state index in [4.69, 9.17) is 0 Å². The fourth-order valence-electron chi connectivity index (χ4n) is 2.17. The molecule has 3 nitrogen and oxygen atoms in total. The summed E-state index contributed by atoms with van der Waals surface area (Å²) in [6, 6.07) is 0.130. The van der Waals surface area contributed by atoms with E-state index >= 15 is 0 Å². The van der Waals surface area contributed by atoms with Gasteiger partial charge in [0.15, 0.2) is 0 Å². The van der Waals surface area contributed by atoms with Crippen LogP contribution in [0.4, 0.5) is 4.79 Å². The van der Waals surface area contributed by atoms with E-state index in [0.717, 1.165) is 26.1 Å². The molecule has 0 radical (unpaired) electrons. The Bertz CT molecular complexity index is 240. The van der Waals surface area contributed by atoms with E-state index < -0.39 is 0 Å². The maximum atomic E-state index is 11.8. The fourth-order valence-corrected chi connectivity index (χ4v) is 2.17. The summed E-state index contributed by atoms with van der Waals surface area (Å²) in [7, 11) is 0. The van der Waals surface area contributed by atoms with E-state index in [-0.39, 0.29) is 6.03 Å². The monoisotopic (exact) mass is 224 g/mol. The van der Waals surface area contributed by atoms with E-state index in [1.54, 1.807) is 11.1 Å². The van der Waals surface area contributed by atoms with Crippen LogP contribution in [0, 0.1) is 5.92 Å². The van der Waals surface area contributed by atoms with Crippen molar-refractivity contribution in [1.82, 2.24) is 9.80 Å². The number of urea groups is 1. The lowest BCUT2D eigenvalue weighted by Gasteiger charge is -2.22. The van der Waals surface area contributed by atoms with Gasteiger partial charge >= 0.3 is 6.03 Å². The molecule has 0 N–H and O–H groups in total. The van der Waals surface area contributed by atoms with Crippen LogP contribution in [-0.4, -0.2) is 35.5 Å². The molecule has 92 valence electrons. The Morgan fingerprint density at radius 1 is 1.44 bits per heavy atom. The molecule has 0 aromatic heterocycles. The summed E-state index contributed by atoms with van der Waals surface area (Å²) in [5.41, 5.74) is 0. The van der Waals surface area contributed by atoms with Crippen molar-refractivity contribution in [3.63, 3.8) is 0 Å². The molecule has 0 bridgehead atoms. The largest absolute Gasteiger partial charge is 0.324 e. The SMILES string of the molecule is C=CN1CCN(CC(CC)CCCC)C1=O. The Balaban J connectivity index is 2.40. The van der Waals surface area contributed by atoms with Crippen molar-refractivity contribution in [3.05, 3.63) is 12.8 Å². The van der Waals surface area contributed by atoms with Crippen LogP contribution in [0.25, 0.3) is 0 Å². The van der Waals surface area contributed by atoms with Gasteiger partial charge in [0.2, 0.25) is 0 Å². The molecule has 1 aliphatic rings. The van der Waals surface area contributed by atoms with Crippen molar-refractivity contribution in [2.75, 3.05) is 19.6 Å². The first-order valence-electron chi connectivity index (χ1n) is 6.41. The number of hydrogen-bond donors (Lipinski definition) is 0. The molecule has 3 heteroatoms. The lowest BCUT2D eigenvalue weighted by molar-refractivity contribution is 0.192. The van der Waals surface area contributed by atoms with Gasteiger partial charge < -0.3 is 4.90 Å². The summed E-state index contributed by atoms with van der Waals surface area (Å²) in [5.74, 6) is 0.661. The number of unbranched alkanes of at least 4 members (excludes halogenated alkanes) is 1. The summed E-state index contributed by atoms with van der Waals surface area (Å²) in [6.45, 7) is 10.7. The molecule has 16 heavy (non-hydrogen) atoms. The normalized spacial score (nSPS) is 18.0. The number of hydrogen-bond acceptors (Lipinski definition) is 1. The van der Waals surface area contributed by atoms with Gasteiger partial charge in [-0.3, -0.25) is 4.90 Å². The van der Waals surface area contributed by atoms with Gasteiger partial charge in [-0.05, 0) is 12.3 Å². The topological polar surface area (TPSA) is 23.6 Å². The van der Waals surface area contributed by atoms with Crippen LogP contribution in [0.5, 0.6) is 0 Å². The highest BCUT2D eigenvalue weighted by molar-refractivity contribution is 5.77. The predicted molar refractivity (Wildman–Crippen MR) is 67.2 cm³/mol. The first-order valence-corrected chi connectivity index (χ1v) is 6.41. The summed E-state index contributed by atoms with van der Waals surface area (Å²) in [4.78, 5) is 15.5. The van der Waals surface area contributed by atoms with Crippen LogP contribution in [0.2, 0.25) is 0 Å². The maximum Gasteiger partial charge on any atom is 0.324 e. The van der Waals surface area contributed by atoms with Crippen LogP contribution >= 0.6 is 0 Å². The Morgan fingerprint density at radius 2 is 2.19 bits per heavy atom. The van der Waals surface area contributed by atoms with Crippen molar-refractivity contribution in [2.24, 2.45) is 5.92 Å². The average molecular weight is 224 g/mol. The minimum Gasteiger partial charge on any atom is -0.322 e. The standard InChI is InChI=1S/C13H24N2O/c1-4-7-8-12(5-2)11-15-10-9-14(6-3)13(15)16/h6,12H,3-5,7-11H2,1-2H3. The average Bonchev–Trinajstić information content (AvgIpc) is 2.65. The molecule has 1 fully saturated rings. The third-order valence-corrected chi connectivity index (χ3v) is 3.37. The number of carbonyl (C=O) groups excluding carboxylic acids is 1. The zero-order valence-corrected chi connectivity index (χ0v) is 10.6. The van der Waals surface area contributed by atoms with Gasteiger partial charge in [-0.25, -0.2) is 4.79 Å². The molecule has 0 spiro atoms. The molecule has 1 saturated heterocycles. The molecule has 0 aromatic carbocycles. The first kappa shape index (κ1) is 13.1. The minimum atomic E-state index is 0.130. The van der Waals surface area contributed by atoms with Crippen LogP contribution in [-0.2, 0) is 0 Å². The number of rotatable bonds is 7. The lowest BCUT2D eigenvalue weighted by atomic mass is 9.99. The van der Waals surface area contributed by atoms with Gasteiger partial charge in [-0.2, -0.15) is 0 Å². The van der Waals surface area contributed by atoms with Gasteiger partial charge in [-0.1, -0.05) is 39.7 Å². The highest BCUT2D eigenvalue weighted by atomic mass is 16.2. The van der Waals surface area contributed by atoms with Crippen LogP contribution in [0.15, 0.2) is 12.8 Å². The number of amides is 2. The van der Waals surface area contributed by atoms with Crippen LogP contribution in [0.3, 0.4) is 0 Å². The molecule has 1 heterocycles. The van der Waals surface area contributed by atoms with Crippen LogP contribution < -0.4 is 0 Å². The van der Waals surface area contributed by atoms with Crippen molar-refractivity contribution in [1.29, 1.82) is 0 Å². The predicted octanol–water partition coefficient (Wildman–Crippen LogP) is 3.08. The Morgan fingerprint density at radius 3 is 2.69 bits per heavy atom. The van der Waals surface area contributed by atoms with Crippen LogP contribution in [0.1, 0.15) is 39.5 Å². The van der Waals surface area contributed by atoms with E-state index in [2.05, 4.69) is 20.4 Å². The van der Waals surface area contributed by atoms with Crippen molar-refractivity contribution in [2.45, 2.75) is 39.5 Å². The molecule has 2 amide bonds. The highest BCUT2D eigenvalue weighted by Crippen LogP contribution is 2.17. The minimum absolute atomic E-state index is 0.130. The molecule has 0 saturated carbocycles. The molecule has 1 atom stereocenters. The molecule has 0 aliphatic carbocycles. The Kier molecular flexibility index (Phi) is 5.36. The summed E-state index contributed by atoms with van der Waals surface area (Å²) in [5, 5.41) is 0. The smallest absolute Gasteiger partial charge is 0.322 e. The first-order chi connectivity index (χ1) is 7.72. The molecular weight excluding hydrogens is 200 g/mol. The van der Waals surface area contributed by atoms with Gasteiger partial charge in [0.25, 0.3) is 0 Å². The molecule has 1 aliphatic heterocycles. The molecule has 1 unspecified atom stereocenters. The number of nitrogens with zero attached hydrogens (tertiary/aromatic N) is 2. The maximum absolute atomic E-state index is 11.8. The quantitative estimate of drug-likeness (QED) is 0.652. The van der Waals surface area contributed by atoms with Gasteiger partial charge in [0, 0.05) is 25.8 Å². The Hall–Kier alpha value is -0.990. The molecule has 0 aromatic rings. The zero-order chi connectivity index (χ0) is 12.0. The fraction of sp³-hybridized carbons (Fsp3) is 0.769. The molecule has 1 rings (SSSR count).